The Labute approximate surface area is 105 Å². The van der Waals surface area contributed by atoms with Crippen molar-refractivity contribution >= 4 is 17.4 Å². The van der Waals surface area contributed by atoms with Gasteiger partial charge in [0.2, 0.25) is 0 Å². The maximum absolute atomic E-state index is 12.7. The van der Waals surface area contributed by atoms with Crippen LogP contribution in [0.2, 0.25) is 0 Å². The zero-order valence-corrected chi connectivity index (χ0v) is 9.92. The fourth-order valence-electron chi connectivity index (χ4n) is 1.06. The SMILES string of the molecule is CN(C)c1ccc(NC(=O)C(F)(F)C(F)(F)F)cn1. The molecule has 1 rings (SSSR count). The van der Waals surface area contributed by atoms with E-state index in [4.69, 9.17) is 0 Å². The van der Waals surface area contributed by atoms with Crippen molar-refractivity contribution in [3.8, 4) is 0 Å². The van der Waals surface area contributed by atoms with Gasteiger partial charge in [0.1, 0.15) is 5.82 Å². The largest absolute Gasteiger partial charge is 0.463 e. The van der Waals surface area contributed by atoms with E-state index in [0.717, 1.165) is 6.20 Å². The maximum atomic E-state index is 12.7. The molecule has 1 aromatic heterocycles. The van der Waals surface area contributed by atoms with Gasteiger partial charge in [0, 0.05) is 14.1 Å². The molecule has 0 atom stereocenters. The molecule has 0 bridgehead atoms. The number of aromatic nitrogens is 1. The Morgan fingerprint density at radius 2 is 1.79 bits per heavy atom. The standard InChI is InChI=1S/C10H10F5N3O/c1-18(2)7-4-3-6(5-16-7)17-8(19)9(11,12)10(13,14)15/h3-5H,1-2H3,(H,17,19). The Bertz CT molecular complexity index is 455. The van der Waals surface area contributed by atoms with Crippen molar-refractivity contribution in [2.45, 2.75) is 12.1 Å². The van der Waals surface area contributed by atoms with Crippen LogP contribution < -0.4 is 10.2 Å². The molecule has 0 aliphatic carbocycles. The molecule has 0 saturated carbocycles. The van der Waals surface area contributed by atoms with E-state index in [-0.39, 0.29) is 5.69 Å². The fraction of sp³-hybridized carbons (Fsp3) is 0.400. The van der Waals surface area contributed by atoms with Gasteiger partial charge in [-0.1, -0.05) is 0 Å². The lowest BCUT2D eigenvalue weighted by Crippen LogP contribution is -2.47. The molecule has 0 fully saturated rings. The third-order valence-corrected chi connectivity index (χ3v) is 2.11. The third-order valence-electron chi connectivity index (χ3n) is 2.11. The number of pyridine rings is 1. The first kappa shape index (κ1) is 15.1. The van der Waals surface area contributed by atoms with Gasteiger partial charge in [0.05, 0.1) is 11.9 Å². The highest BCUT2D eigenvalue weighted by Gasteiger charge is 2.63. The Hall–Kier alpha value is -1.93. The van der Waals surface area contributed by atoms with Crippen LogP contribution in [0.3, 0.4) is 0 Å². The molecule has 0 radical (unpaired) electrons. The summed E-state index contributed by atoms with van der Waals surface area (Å²) in [6, 6.07) is 2.54. The van der Waals surface area contributed by atoms with Gasteiger partial charge >= 0.3 is 18.0 Å². The summed E-state index contributed by atoms with van der Waals surface area (Å²) in [6.07, 6.45) is -4.95. The van der Waals surface area contributed by atoms with E-state index >= 15 is 0 Å². The van der Waals surface area contributed by atoms with Gasteiger partial charge in [-0.2, -0.15) is 22.0 Å². The van der Waals surface area contributed by atoms with Gasteiger partial charge in [-0.15, -0.1) is 0 Å². The summed E-state index contributed by atoms with van der Waals surface area (Å²) < 4.78 is 61.1. The lowest BCUT2D eigenvalue weighted by molar-refractivity contribution is -0.267. The number of amides is 1. The van der Waals surface area contributed by atoms with Crippen LogP contribution in [0.4, 0.5) is 33.5 Å². The second-order valence-electron chi connectivity index (χ2n) is 3.83. The predicted molar refractivity (Wildman–Crippen MR) is 58.2 cm³/mol. The molecule has 1 N–H and O–H groups in total. The molecule has 9 heteroatoms. The van der Waals surface area contributed by atoms with Crippen molar-refractivity contribution in [1.29, 1.82) is 0 Å². The van der Waals surface area contributed by atoms with Crippen molar-refractivity contribution < 1.29 is 26.7 Å². The number of carbonyl (C=O) groups is 1. The van der Waals surface area contributed by atoms with Gasteiger partial charge in [-0.3, -0.25) is 4.79 Å². The first-order valence-electron chi connectivity index (χ1n) is 4.95. The summed E-state index contributed by atoms with van der Waals surface area (Å²) in [7, 11) is 3.33. The number of carbonyl (C=O) groups excluding carboxylic acids is 1. The second-order valence-corrected chi connectivity index (χ2v) is 3.83. The number of rotatable bonds is 3. The Balaban J connectivity index is 2.83. The molecule has 1 aromatic rings. The van der Waals surface area contributed by atoms with Crippen LogP contribution in [-0.4, -0.2) is 37.1 Å². The molecule has 0 spiro atoms. The van der Waals surface area contributed by atoms with Crippen LogP contribution in [0.25, 0.3) is 0 Å². The molecule has 0 aromatic carbocycles. The zero-order chi connectivity index (χ0) is 14.8. The molecule has 19 heavy (non-hydrogen) atoms. The Morgan fingerprint density at radius 3 is 2.16 bits per heavy atom. The van der Waals surface area contributed by atoms with Crippen LogP contribution in [0.1, 0.15) is 0 Å². The Morgan fingerprint density at radius 1 is 1.21 bits per heavy atom. The van der Waals surface area contributed by atoms with Gasteiger partial charge in [-0.05, 0) is 12.1 Å². The van der Waals surface area contributed by atoms with E-state index in [1.54, 1.807) is 19.0 Å². The molecule has 4 nitrogen and oxygen atoms in total. The second kappa shape index (κ2) is 4.98. The van der Waals surface area contributed by atoms with Crippen molar-refractivity contribution in [3.05, 3.63) is 18.3 Å². The minimum Gasteiger partial charge on any atom is -0.363 e. The highest BCUT2D eigenvalue weighted by atomic mass is 19.4. The summed E-state index contributed by atoms with van der Waals surface area (Å²) in [5.74, 6) is -7.44. The lowest BCUT2D eigenvalue weighted by atomic mass is 10.3. The minimum absolute atomic E-state index is 0.250. The molecular weight excluding hydrogens is 273 g/mol. The average Bonchev–Trinajstić information content (AvgIpc) is 2.28. The van der Waals surface area contributed by atoms with E-state index in [9.17, 15) is 26.7 Å². The van der Waals surface area contributed by atoms with Crippen LogP contribution in [0.5, 0.6) is 0 Å². The molecule has 0 unspecified atom stereocenters. The van der Waals surface area contributed by atoms with Gasteiger partial charge < -0.3 is 10.2 Å². The number of halogens is 5. The third kappa shape index (κ3) is 3.30. The van der Waals surface area contributed by atoms with Crippen LogP contribution in [0, 0.1) is 0 Å². The molecule has 106 valence electrons. The number of hydrogen-bond acceptors (Lipinski definition) is 3. The topological polar surface area (TPSA) is 45.2 Å². The van der Waals surface area contributed by atoms with Crippen molar-refractivity contribution in [1.82, 2.24) is 4.98 Å². The number of hydrogen-bond donors (Lipinski definition) is 1. The first-order chi connectivity index (χ1) is 8.55. The molecule has 0 aliphatic rings. The number of nitrogens with one attached hydrogen (secondary N) is 1. The smallest absolute Gasteiger partial charge is 0.363 e. The molecular formula is C10H10F5N3O. The lowest BCUT2D eigenvalue weighted by Gasteiger charge is -2.18. The van der Waals surface area contributed by atoms with Crippen molar-refractivity contribution in [2.24, 2.45) is 0 Å². The zero-order valence-electron chi connectivity index (χ0n) is 9.92. The van der Waals surface area contributed by atoms with E-state index in [1.807, 2.05) is 0 Å². The highest BCUT2D eigenvalue weighted by molar-refractivity contribution is 5.96. The summed E-state index contributed by atoms with van der Waals surface area (Å²) in [4.78, 5) is 16.2. The number of nitrogens with zero attached hydrogens (tertiary/aromatic N) is 2. The summed E-state index contributed by atoms with van der Waals surface area (Å²) in [5.41, 5.74) is -0.250. The van der Waals surface area contributed by atoms with E-state index in [2.05, 4.69) is 4.98 Å². The number of alkyl halides is 5. The molecule has 0 aliphatic heterocycles. The normalized spacial score (nSPS) is 12.2. The number of anilines is 2. The van der Waals surface area contributed by atoms with Gasteiger partial charge in [-0.25, -0.2) is 4.98 Å². The maximum Gasteiger partial charge on any atom is 0.463 e. The van der Waals surface area contributed by atoms with Crippen molar-refractivity contribution in [2.75, 3.05) is 24.3 Å². The Kier molecular flexibility index (Phi) is 3.97. The van der Waals surface area contributed by atoms with Crippen LogP contribution in [-0.2, 0) is 4.79 Å². The average molecular weight is 283 g/mol. The fourth-order valence-corrected chi connectivity index (χ4v) is 1.06. The van der Waals surface area contributed by atoms with E-state index in [1.165, 1.54) is 17.4 Å². The molecule has 1 heterocycles. The predicted octanol–water partition coefficient (Wildman–Crippen LogP) is 2.28. The minimum atomic E-state index is -5.94. The van der Waals surface area contributed by atoms with Crippen LogP contribution >= 0.6 is 0 Å². The first-order valence-corrected chi connectivity index (χ1v) is 4.95. The van der Waals surface area contributed by atoms with Crippen molar-refractivity contribution in [3.63, 3.8) is 0 Å². The highest BCUT2D eigenvalue weighted by Crippen LogP contribution is 2.36. The van der Waals surface area contributed by atoms with Crippen LogP contribution in [0.15, 0.2) is 18.3 Å². The molecule has 1 amide bonds. The van der Waals surface area contributed by atoms with E-state index < -0.39 is 18.0 Å². The summed E-state index contributed by atoms with van der Waals surface area (Å²) in [6.45, 7) is 0. The summed E-state index contributed by atoms with van der Waals surface area (Å²) >= 11 is 0. The molecule has 0 saturated heterocycles. The quantitative estimate of drug-likeness (QED) is 0.866. The monoisotopic (exact) mass is 283 g/mol. The summed E-state index contributed by atoms with van der Waals surface area (Å²) in [5, 5.41) is 1.46. The van der Waals surface area contributed by atoms with Gasteiger partial charge in [0.15, 0.2) is 0 Å². The van der Waals surface area contributed by atoms with E-state index in [0.29, 0.717) is 5.82 Å². The van der Waals surface area contributed by atoms with Gasteiger partial charge in [0.25, 0.3) is 0 Å².